The molecule has 3 atom stereocenters. The largest absolute Gasteiger partial charge is 0.352 e. The Bertz CT molecular complexity index is 1220. The number of carbonyl (C=O) groups excluding carboxylic acids is 2. The zero-order valence-corrected chi connectivity index (χ0v) is 27.9. The third-order valence-electron chi connectivity index (χ3n) is 6.65. The predicted octanol–water partition coefficient (Wildman–Crippen LogP) is 6.86. The molecular weight excluding hydrogens is 563 g/mol. The van der Waals surface area contributed by atoms with Gasteiger partial charge in [-0.25, -0.2) is 8.60 Å². The first-order chi connectivity index (χ1) is 20.5. The maximum Gasteiger partial charge on any atom is 0.251 e. The summed E-state index contributed by atoms with van der Waals surface area (Å²) in [5, 5.41) is 9.20. The van der Waals surface area contributed by atoms with Crippen molar-refractivity contribution in [2.24, 2.45) is 0 Å². The molecule has 0 radical (unpaired) electrons. The summed E-state index contributed by atoms with van der Waals surface area (Å²) >= 11 is 0. The molecule has 3 rings (SSSR count). The summed E-state index contributed by atoms with van der Waals surface area (Å²) in [4.78, 5) is 25.8. The highest BCUT2D eigenvalue weighted by molar-refractivity contribution is 7.85. The number of benzene rings is 2. The van der Waals surface area contributed by atoms with E-state index in [1.54, 1.807) is 38.2 Å². The number of nitrogens with one attached hydrogen (secondary N) is 3. The molecule has 9 heteroatoms. The molecule has 0 bridgehead atoms. The number of carbonyl (C=O) groups is 2. The van der Waals surface area contributed by atoms with Gasteiger partial charge in [0, 0.05) is 37.0 Å². The topological polar surface area (TPSA) is 90.5 Å². The Morgan fingerprint density at radius 1 is 1.12 bits per heavy atom. The standard InChI is InChI=1S/C24H31FN4O3S.C8H14.C2H6/c1-16(17-6-8-20(25)9-7-17)28-24(31)19-13-18(14-22(15-19)29(2)33(3)32)23(30)27-12-10-21-5-4-11-26-21;1-4-5-6-7-8(2)3;1-2/h6-9,13-16,21,26H,4-5,10-12H2,1-3H3,(H,27,30)(H,28,31);5-7H,4H2,1-3H3;1-2H3/b;6-5-;/t16-,21-,33?;;/m1../s1. The van der Waals surface area contributed by atoms with Crippen LogP contribution in [-0.2, 0) is 11.0 Å². The van der Waals surface area contributed by atoms with Crippen LogP contribution in [0.5, 0.6) is 0 Å². The molecule has 2 aromatic rings. The molecular formula is C34H51FN4O3S. The molecule has 1 aliphatic heterocycles. The van der Waals surface area contributed by atoms with Crippen molar-refractivity contribution >= 4 is 28.5 Å². The maximum atomic E-state index is 13.2. The number of hydrogen-bond donors (Lipinski definition) is 3. The van der Waals surface area contributed by atoms with Crippen LogP contribution in [0.3, 0.4) is 0 Å². The first-order valence-corrected chi connectivity index (χ1v) is 16.6. The van der Waals surface area contributed by atoms with Crippen LogP contribution in [0.1, 0.15) is 99.5 Å². The minimum absolute atomic E-state index is 0.279. The average molecular weight is 615 g/mol. The summed E-state index contributed by atoms with van der Waals surface area (Å²) in [5.41, 5.74) is 3.21. The average Bonchev–Trinajstić information content (AvgIpc) is 3.51. The quantitative estimate of drug-likeness (QED) is 0.241. The van der Waals surface area contributed by atoms with Crippen molar-refractivity contribution < 1.29 is 18.2 Å². The molecule has 2 amide bonds. The molecule has 1 fully saturated rings. The van der Waals surface area contributed by atoms with Crippen molar-refractivity contribution in [3.63, 3.8) is 0 Å². The summed E-state index contributed by atoms with van der Waals surface area (Å²) in [7, 11) is 0.313. The Morgan fingerprint density at radius 3 is 2.28 bits per heavy atom. The number of amides is 2. The van der Waals surface area contributed by atoms with Crippen molar-refractivity contribution in [3.05, 3.63) is 88.8 Å². The Balaban J connectivity index is 0.000000801. The highest BCUT2D eigenvalue weighted by Gasteiger charge is 2.19. The number of allylic oxidation sites excluding steroid dienone is 4. The lowest BCUT2D eigenvalue weighted by molar-refractivity contribution is 0.0940. The van der Waals surface area contributed by atoms with Crippen LogP contribution in [-0.4, -0.2) is 48.5 Å². The highest BCUT2D eigenvalue weighted by Crippen LogP contribution is 2.21. The molecule has 0 spiro atoms. The van der Waals surface area contributed by atoms with Gasteiger partial charge in [0.05, 0.1) is 11.7 Å². The van der Waals surface area contributed by atoms with Gasteiger partial charge >= 0.3 is 0 Å². The van der Waals surface area contributed by atoms with Crippen LogP contribution in [0, 0.1) is 5.82 Å². The van der Waals surface area contributed by atoms with E-state index >= 15 is 0 Å². The van der Waals surface area contributed by atoms with Gasteiger partial charge in [-0.2, -0.15) is 0 Å². The summed E-state index contributed by atoms with van der Waals surface area (Å²) in [6.07, 6.45) is 12.1. The van der Waals surface area contributed by atoms with Crippen LogP contribution in [0.4, 0.5) is 10.1 Å². The lowest BCUT2D eigenvalue weighted by Crippen LogP contribution is -2.31. The van der Waals surface area contributed by atoms with Gasteiger partial charge in [-0.05, 0) is 88.9 Å². The molecule has 0 saturated carbocycles. The first kappa shape index (κ1) is 37.7. The van der Waals surface area contributed by atoms with Gasteiger partial charge < -0.3 is 16.0 Å². The van der Waals surface area contributed by atoms with Crippen molar-refractivity contribution in [1.29, 1.82) is 0 Å². The maximum absolute atomic E-state index is 13.2. The zero-order chi connectivity index (χ0) is 32.4. The molecule has 1 unspecified atom stereocenters. The fourth-order valence-electron chi connectivity index (χ4n) is 4.18. The normalized spacial score (nSPS) is 15.2. The Hall–Kier alpha value is -3.30. The molecule has 1 heterocycles. The van der Waals surface area contributed by atoms with Crippen LogP contribution < -0.4 is 20.3 Å². The van der Waals surface area contributed by atoms with Gasteiger partial charge in [0.15, 0.2) is 0 Å². The second-order valence-electron chi connectivity index (χ2n) is 10.4. The van der Waals surface area contributed by atoms with E-state index < -0.39 is 11.0 Å². The molecule has 0 aromatic heterocycles. The number of anilines is 1. The van der Waals surface area contributed by atoms with Crippen molar-refractivity contribution in [3.8, 4) is 0 Å². The minimum Gasteiger partial charge on any atom is -0.352 e. The highest BCUT2D eigenvalue weighted by atomic mass is 32.2. The summed E-state index contributed by atoms with van der Waals surface area (Å²) in [5.74, 6) is -1.01. The van der Waals surface area contributed by atoms with E-state index in [2.05, 4.69) is 54.9 Å². The van der Waals surface area contributed by atoms with E-state index in [9.17, 15) is 18.2 Å². The van der Waals surface area contributed by atoms with Gasteiger partial charge in [0.2, 0.25) is 0 Å². The predicted molar refractivity (Wildman–Crippen MR) is 179 cm³/mol. The molecule has 43 heavy (non-hydrogen) atoms. The monoisotopic (exact) mass is 614 g/mol. The minimum atomic E-state index is -1.33. The van der Waals surface area contributed by atoms with E-state index in [4.69, 9.17) is 0 Å². The van der Waals surface area contributed by atoms with Gasteiger partial charge in [-0.3, -0.25) is 13.9 Å². The molecule has 7 nitrogen and oxygen atoms in total. The molecule has 1 aliphatic rings. The van der Waals surface area contributed by atoms with E-state index in [1.807, 2.05) is 13.8 Å². The van der Waals surface area contributed by atoms with E-state index in [0.717, 1.165) is 37.8 Å². The SMILES string of the molecule is CC.CC/C=C\C=C(C)C.C[C@@H](NC(=O)c1cc(C(=O)NCC[C@H]2CCCN2)cc(N(C)S(C)=O)c1)c1ccc(F)cc1. The summed E-state index contributed by atoms with van der Waals surface area (Å²) in [6, 6.07) is 10.7. The summed E-state index contributed by atoms with van der Waals surface area (Å²) in [6.45, 7) is 13.7. The molecule has 0 aliphatic carbocycles. The third kappa shape index (κ3) is 14.1. The third-order valence-corrected chi connectivity index (χ3v) is 7.63. The number of halogens is 1. The smallest absolute Gasteiger partial charge is 0.251 e. The van der Waals surface area contributed by atoms with Crippen LogP contribution in [0.2, 0.25) is 0 Å². The second kappa shape index (κ2) is 20.6. The fraction of sp³-hybridized carbons (Fsp3) is 0.471. The first-order valence-electron chi connectivity index (χ1n) is 15.1. The lowest BCUT2D eigenvalue weighted by Gasteiger charge is -2.19. The Labute approximate surface area is 261 Å². The van der Waals surface area contributed by atoms with E-state index in [1.165, 1.54) is 34.3 Å². The summed E-state index contributed by atoms with van der Waals surface area (Å²) < 4.78 is 26.7. The Morgan fingerprint density at radius 2 is 1.74 bits per heavy atom. The molecule has 3 N–H and O–H groups in total. The van der Waals surface area contributed by atoms with Gasteiger partial charge in [-0.15, -0.1) is 0 Å². The van der Waals surface area contributed by atoms with Crippen molar-refractivity contribution in [1.82, 2.24) is 16.0 Å². The van der Waals surface area contributed by atoms with Gasteiger partial charge in [-0.1, -0.05) is 56.7 Å². The van der Waals surface area contributed by atoms with Crippen LogP contribution >= 0.6 is 0 Å². The molecule has 1 saturated heterocycles. The van der Waals surface area contributed by atoms with Crippen LogP contribution in [0.15, 0.2) is 66.3 Å². The van der Waals surface area contributed by atoms with E-state index in [0.29, 0.717) is 23.8 Å². The molecule has 238 valence electrons. The zero-order valence-electron chi connectivity index (χ0n) is 27.1. The van der Waals surface area contributed by atoms with E-state index in [-0.39, 0.29) is 29.2 Å². The van der Waals surface area contributed by atoms with Gasteiger partial charge in [0.1, 0.15) is 16.8 Å². The lowest BCUT2D eigenvalue weighted by atomic mass is 10.1. The van der Waals surface area contributed by atoms with Crippen molar-refractivity contribution in [2.75, 3.05) is 30.7 Å². The Kier molecular flexibility index (Phi) is 18.1. The number of hydrogen-bond acceptors (Lipinski definition) is 4. The number of rotatable bonds is 11. The van der Waals surface area contributed by atoms with Crippen molar-refractivity contribution in [2.45, 2.75) is 79.3 Å². The molecule has 2 aromatic carbocycles. The van der Waals surface area contributed by atoms with Crippen LogP contribution in [0.25, 0.3) is 0 Å². The van der Waals surface area contributed by atoms with Gasteiger partial charge in [0.25, 0.3) is 11.8 Å². The second-order valence-corrected chi connectivity index (χ2v) is 11.8. The number of nitrogens with zero attached hydrogens (tertiary/aromatic N) is 1. The fourth-order valence-corrected chi connectivity index (χ4v) is 4.58.